The van der Waals surface area contributed by atoms with Gasteiger partial charge in [0.05, 0.1) is 0 Å². The number of allylic oxidation sites excluding steroid dienone is 3. The minimum atomic E-state index is 1.10. The topological polar surface area (TPSA) is 0 Å². The molecule has 2 aliphatic rings. The van der Waals surface area contributed by atoms with Gasteiger partial charge in [-0.1, -0.05) is 48.1 Å². The lowest BCUT2D eigenvalue weighted by molar-refractivity contribution is 1.22. The van der Waals surface area contributed by atoms with Crippen LogP contribution < -0.4 is 0 Å². The van der Waals surface area contributed by atoms with E-state index < -0.39 is 0 Å². The lowest BCUT2D eigenvalue weighted by atomic mass is 9.81. The molecular weight excluding hydrogens is 204 g/mol. The molecular formula is C17H14. The van der Waals surface area contributed by atoms with E-state index in [-0.39, 0.29) is 0 Å². The van der Waals surface area contributed by atoms with Crippen LogP contribution in [0, 0.1) is 6.92 Å². The molecule has 0 radical (unpaired) electrons. The maximum absolute atomic E-state index is 2.41. The number of hydrogen-bond donors (Lipinski definition) is 0. The van der Waals surface area contributed by atoms with Crippen LogP contribution in [-0.4, -0.2) is 0 Å². The molecule has 0 spiro atoms. The van der Waals surface area contributed by atoms with Gasteiger partial charge in [0, 0.05) is 0 Å². The second-order valence-corrected chi connectivity index (χ2v) is 5.09. The highest BCUT2D eigenvalue weighted by Gasteiger charge is 2.19. The van der Waals surface area contributed by atoms with Crippen LogP contribution in [0.1, 0.15) is 28.7 Å². The molecule has 2 aromatic rings. The van der Waals surface area contributed by atoms with E-state index in [4.69, 9.17) is 0 Å². The molecule has 17 heavy (non-hydrogen) atoms. The predicted octanol–water partition coefficient (Wildman–Crippen LogP) is 4.50. The molecule has 0 saturated heterocycles. The number of aryl methyl sites for hydroxylation is 1. The summed E-state index contributed by atoms with van der Waals surface area (Å²) >= 11 is 0. The van der Waals surface area contributed by atoms with Crippen molar-refractivity contribution >= 4 is 22.4 Å². The fourth-order valence-electron chi connectivity index (χ4n) is 3.21. The van der Waals surface area contributed by atoms with Crippen LogP contribution in [0.2, 0.25) is 0 Å². The molecule has 0 N–H and O–H groups in total. The van der Waals surface area contributed by atoms with Crippen molar-refractivity contribution in [3.8, 4) is 0 Å². The van der Waals surface area contributed by atoms with Crippen molar-refractivity contribution in [2.75, 3.05) is 0 Å². The minimum Gasteiger partial charge on any atom is -0.0795 e. The smallest absolute Gasteiger partial charge is 0.00672 e. The molecule has 0 fully saturated rings. The lowest BCUT2D eigenvalue weighted by Crippen LogP contribution is -2.03. The molecule has 0 amide bonds. The molecule has 0 aromatic heterocycles. The summed E-state index contributed by atoms with van der Waals surface area (Å²) in [6.45, 7) is 2.19. The van der Waals surface area contributed by atoms with Crippen molar-refractivity contribution in [1.82, 2.24) is 0 Å². The van der Waals surface area contributed by atoms with Crippen molar-refractivity contribution in [2.24, 2.45) is 0 Å². The van der Waals surface area contributed by atoms with Gasteiger partial charge in [0.15, 0.2) is 0 Å². The van der Waals surface area contributed by atoms with Crippen molar-refractivity contribution in [2.45, 2.75) is 19.8 Å². The summed E-state index contributed by atoms with van der Waals surface area (Å²) in [5.74, 6) is 0. The number of benzene rings is 2. The molecule has 0 nitrogen and oxygen atoms in total. The first-order valence-electron chi connectivity index (χ1n) is 6.25. The van der Waals surface area contributed by atoms with Gasteiger partial charge < -0.3 is 0 Å². The van der Waals surface area contributed by atoms with E-state index in [0.29, 0.717) is 0 Å². The highest BCUT2D eigenvalue weighted by molar-refractivity contribution is 6.02. The highest BCUT2D eigenvalue weighted by Crippen LogP contribution is 2.40. The van der Waals surface area contributed by atoms with Gasteiger partial charge in [-0.25, -0.2) is 0 Å². The first kappa shape index (κ1) is 9.23. The molecule has 0 bridgehead atoms. The van der Waals surface area contributed by atoms with Crippen LogP contribution in [0.3, 0.4) is 0 Å². The van der Waals surface area contributed by atoms with Crippen LogP contribution in [0.4, 0.5) is 0 Å². The van der Waals surface area contributed by atoms with Gasteiger partial charge in [-0.3, -0.25) is 0 Å². The Balaban J connectivity index is 2.24. The van der Waals surface area contributed by atoms with Gasteiger partial charge in [0.1, 0.15) is 0 Å². The van der Waals surface area contributed by atoms with Crippen LogP contribution in [0.15, 0.2) is 36.4 Å². The summed E-state index contributed by atoms with van der Waals surface area (Å²) in [7, 11) is 0. The molecule has 4 rings (SSSR count). The molecule has 0 unspecified atom stereocenters. The first-order valence-corrected chi connectivity index (χ1v) is 6.25. The summed E-state index contributed by atoms with van der Waals surface area (Å²) in [4.78, 5) is 0. The predicted molar refractivity (Wildman–Crippen MR) is 74.0 cm³/mol. The molecule has 0 heteroatoms. The largest absolute Gasteiger partial charge is 0.0795 e. The molecule has 0 atom stereocenters. The van der Waals surface area contributed by atoms with Gasteiger partial charge >= 0.3 is 0 Å². The average molecular weight is 218 g/mol. The summed E-state index contributed by atoms with van der Waals surface area (Å²) in [6, 6.07) is 9.17. The zero-order valence-electron chi connectivity index (χ0n) is 9.96. The second-order valence-electron chi connectivity index (χ2n) is 5.09. The van der Waals surface area contributed by atoms with Gasteiger partial charge in [-0.15, -0.1) is 0 Å². The quantitative estimate of drug-likeness (QED) is 0.610. The van der Waals surface area contributed by atoms with E-state index in [1.807, 2.05) is 0 Å². The molecule has 0 heterocycles. The Kier molecular flexibility index (Phi) is 1.69. The zero-order chi connectivity index (χ0) is 11.4. The Bertz CT molecular complexity index is 700. The van der Waals surface area contributed by atoms with E-state index in [0.717, 1.165) is 12.8 Å². The highest BCUT2D eigenvalue weighted by atomic mass is 14.2. The Morgan fingerprint density at radius 3 is 2.94 bits per heavy atom. The van der Waals surface area contributed by atoms with E-state index in [2.05, 4.69) is 49.4 Å². The number of rotatable bonds is 0. The lowest BCUT2D eigenvalue weighted by Gasteiger charge is -2.23. The third kappa shape index (κ3) is 1.18. The van der Waals surface area contributed by atoms with E-state index >= 15 is 0 Å². The maximum atomic E-state index is 2.41. The summed E-state index contributed by atoms with van der Waals surface area (Å²) in [5, 5.41) is 2.90. The standard InChI is InChI=1S/C17H14/c1-11-9-14-7-5-12-3-2-4-13-6-8-15(10-11)17(14)16(12)13/h2-3,5-7,9-10H,4,8H2,1H3. The summed E-state index contributed by atoms with van der Waals surface area (Å²) < 4.78 is 0. The Morgan fingerprint density at radius 2 is 2.00 bits per heavy atom. The molecule has 82 valence electrons. The van der Waals surface area contributed by atoms with Gasteiger partial charge in [-0.05, 0) is 52.8 Å². The van der Waals surface area contributed by atoms with Crippen molar-refractivity contribution < 1.29 is 0 Å². The Hall–Kier alpha value is -1.82. The van der Waals surface area contributed by atoms with Crippen LogP contribution in [-0.2, 0) is 6.42 Å². The van der Waals surface area contributed by atoms with Crippen molar-refractivity contribution in [1.29, 1.82) is 0 Å². The maximum Gasteiger partial charge on any atom is -0.00672 e. The molecule has 0 saturated carbocycles. The van der Waals surface area contributed by atoms with E-state index in [1.54, 1.807) is 0 Å². The normalized spacial score (nSPS) is 16.2. The number of hydrogen-bond acceptors (Lipinski definition) is 0. The molecule has 2 aliphatic carbocycles. The first-order chi connectivity index (χ1) is 8.33. The van der Waals surface area contributed by atoms with Crippen LogP contribution >= 0.6 is 0 Å². The zero-order valence-corrected chi connectivity index (χ0v) is 9.96. The van der Waals surface area contributed by atoms with Crippen LogP contribution in [0.5, 0.6) is 0 Å². The monoisotopic (exact) mass is 218 g/mol. The third-order valence-electron chi connectivity index (χ3n) is 3.90. The van der Waals surface area contributed by atoms with Crippen molar-refractivity contribution in [3.05, 3.63) is 58.7 Å². The summed E-state index contributed by atoms with van der Waals surface area (Å²) in [5.41, 5.74) is 7.27. The van der Waals surface area contributed by atoms with Crippen LogP contribution in [0.25, 0.3) is 22.4 Å². The Labute approximate surface area is 101 Å². The van der Waals surface area contributed by atoms with Crippen molar-refractivity contribution in [3.63, 3.8) is 0 Å². The van der Waals surface area contributed by atoms with E-state index in [9.17, 15) is 0 Å². The SMILES string of the molecule is Cc1cc2c3c4c(ccc3c1)C=CCC4=CC2. The third-order valence-corrected chi connectivity index (χ3v) is 3.90. The summed E-state index contributed by atoms with van der Waals surface area (Å²) in [6.07, 6.45) is 9.14. The molecule has 2 aromatic carbocycles. The average Bonchev–Trinajstić information content (AvgIpc) is 2.35. The fourth-order valence-corrected chi connectivity index (χ4v) is 3.21. The minimum absolute atomic E-state index is 1.10. The van der Waals surface area contributed by atoms with Gasteiger partial charge in [-0.2, -0.15) is 0 Å². The van der Waals surface area contributed by atoms with E-state index in [1.165, 1.54) is 38.6 Å². The molecule has 0 aliphatic heterocycles. The van der Waals surface area contributed by atoms with Gasteiger partial charge in [0.2, 0.25) is 0 Å². The van der Waals surface area contributed by atoms with Gasteiger partial charge in [0.25, 0.3) is 0 Å². The second kappa shape index (κ2) is 3.10. The fraction of sp³-hybridized carbons (Fsp3) is 0.176. The Morgan fingerprint density at radius 1 is 1.06 bits per heavy atom.